The Morgan fingerprint density at radius 3 is 2.62 bits per heavy atom. The summed E-state index contributed by atoms with van der Waals surface area (Å²) in [5, 5.41) is 0.431. The lowest BCUT2D eigenvalue weighted by molar-refractivity contribution is -0.132. The summed E-state index contributed by atoms with van der Waals surface area (Å²) in [6, 6.07) is 10.7. The van der Waals surface area contributed by atoms with Crippen LogP contribution in [0.3, 0.4) is 0 Å². The number of sulfonamides is 1. The topological polar surface area (TPSA) is 112 Å². The highest BCUT2D eigenvalue weighted by atomic mass is 32.2. The molecular formula is C21H23FN4O4S2. The minimum Gasteiger partial charge on any atom is -0.337 e. The SMILES string of the molecule is CSCCC(NS(=O)(=O)c1ccccc1F)C(=O)N(C)Cc1nc2ccccc2c(=O)[nH]1. The molecule has 0 radical (unpaired) electrons. The average Bonchev–Trinajstić information content (AvgIpc) is 2.76. The van der Waals surface area contributed by atoms with E-state index in [9.17, 15) is 22.4 Å². The first-order valence-electron chi connectivity index (χ1n) is 9.71. The molecule has 0 aliphatic carbocycles. The monoisotopic (exact) mass is 478 g/mol. The van der Waals surface area contributed by atoms with Gasteiger partial charge in [0.05, 0.1) is 17.4 Å². The second-order valence-corrected chi connectivity index (χ2v) is 9.78. The Morgan fingerprint density at radius 1 is 1.22 bits per heavy atom. The van der Waals surface area contributed by atoms with Gasteiger partial charge in [-0.2, -0.15) is 16.5 Å². The summed E-state index contributed by atoms with van der Waals surface area (Å²) in [6.07, 6.45) is 2.04. The first-order chi connectivity index (χ1) is 15.2. The molecular weight excluding hydrogens is 455 g/mol. The van der Waals surface area contributed by atoms with Crippen LogP contribution in [-0.4, -0.2) is 54.3 Å². The number of carbonyl (C=O) groups excluding carboxylic acids is 1. The number of para-hydroxylation sites is 1. The molecule has 2 aromatic carbocycles. The Morgan fingerprint density at radius 2 is 1.91 bits per heavy atom. The smallest absolute Gasteiger partial charge is 0.258 e. The van der Waals surface area contributed by atoms with Gasteiger partial charge in [-0.25, -0.2) is 17.8 Å². The van der Waals surface area contributed by atoms with E-state index in [1.54, 1.807) is 24.3 Å². The molecule has 3 rings (SSSR count). The fourth-order valence-electron chi connectivity index (χ4n) is 3.16. The number of hydrogen-bond acceptors (Lipinski definition) is 6. The van der Waals surface area contributed by atoms with E-state index in [4.69, 9.17) is 0 Å². The van der Waals surface area contributed by atoms with Crippen LogP contribution in [0.1, 0.15) is 12.2 Å². The number of H-pyrrole nitrogens is 1. The van der Waals surface area contributed by atoms with Crippen molar-refractivity contribution in [2.24, 2.45) is 0 Å². The zero-order valence-corrected chi connectivity index (χ0v) is 19.2. The number of fused-ring (bicyclic) bond motifs is 1. The van der Waals surface area contributed by atoms with Gasteiger partial charge >= 0.3 is 0 Å². The molecule has 1 amide bonds. The van der Waals surface area contributed by atoms with Crippen molar-refractivity contribution in [3.8, 4) is 0 Å². The highest BCUT2D eigenvalue weighted by molar-refractivity contribution is 7.98. The number of aromatic nitrogens is 2. The van der Waals surface area contributed by atoms with E-state index < -0.39 is 32.7 Å². The molecule has 0 saturated carbocycles. The Labute approximate surface area is 189 Å². The molecule has 0 fully saturated rings. The lowest BCUT2D eigenvalue weighted by Crippen LogP contribution is -2.47. The van der Waals surface area contributed by atoms with Crippen LogP contribution in [0.4, 0.5) is 4.39 Å². The molecule has 2 N–H and O–H groups in total. The van der Waals surface area contributed by atoms with Gasteiger partial charge in [0.1, 0.15) is 22.6 Å². The van der Waals surface area contributed by atoms with Crippen molar-refractivity contribution in [1.29, 1.82) is 0 Å². The van der Waals surface area contributed by atoms with Gasteiger partial charge in [0.25, 0.3) is 5.56 Å². The van der Waals surface area contributed by atoms with Gasteiger partial charge in [0, 0.05) is 7.05 Å². The number of nitrogens with zero attached hydrogens (tertiary/aromatic N) is 2. The first kappa shape index (κ1) is 23.9. The Balaban J connectivity index is 1.82. The molecule has 11 heteroatoms. The van der Waals surface area contributed by atoms with Gasteiger partial charge < -0.3 is 9.88 Å². The van der Waals surface area contributed by atoms with Crippen LogP contribution >= 0.6 is 11.8 Å². The van der Waals surface area contributed by atoms with Crippen molar-refractivity contribution in [2.45, 2.75) is 23.9 Å². The molecule has 8 nitrogen and oxygen atoms in total. The third-order valence-electron chi connectivity index (χ3n) is 4.76. The molecule has 0 spiro atoms. The number of carbonyl (C=O) groups is 1. The van der Waals surface area contributed by atoms with Crippen LogP contribution in [0.5, 0.6) is 0 Å². The number of nitrogens with one attached hydrogen (secondary N) is 2. The van der Waals surface area contributed by atoms with Crippen molar-refractivity contribution < 1.29 is 17.6 Å². The van der Waals surface area contributed by atoms with Gasteiger partial charge in [0.2, 0.25) is 15.9 Å². The van der Waals surface area contributed by atoms with E-state index in [0.717, 1.165) is 12.1 Å². The predicted molar refractivity (Wildman–Crippen MR) is 122 cm³/mol. The molecule has 1 aromatic heterocycles. The Hall–Kier alpha value is -2.76. The molecule has 3 aromatic rings. The fraction of sp³-hybridized carbons (Fsp3) is 0.286. The van der Waals surface area contributed by atoms with Crippen molar-refractivity contribution in [2.75, 3.05) is 19.1 Å². The maximum absolute atomic E-state index is 14.0. The number of rotatable bonds is 9. The molecule has 32 heavy (non-hydrogen) atoms. The van der Waals surface area contributed by atoms with E-state index in [0.29, 0.717) is 16.7 Å². The van der Waals surface area contributed by atoms with Gasteiger partial charge in [-0.15, -0.1) is 0 Å². The third kappa shape index (κ3) is 5.53. The van der Waals surface area contributed by atoms with E-state index >= 15 is 0 Å². The molecule has 1 atom stereocenters. The highest BCUT2D eigenvalue weighted by Gasteiger charge is 2.29. The largest absolute Gasteiger partial charge is 0.337 e. The number of amides is 1. The fourth-order valence-corrected chi connectivity index (χ4v) is 4.93. The van der Waals surface area contributed by atoms with Crippen LogP contribution in [0, 0.1) is 5.82 Å². The Bertz CT molecular complexity index is 1280. The molecule has 0 bridgehead atoms. The summed E-state index contributed by atoms with van der Waals surface area (Å²) >= 11 is 1.45. The summed E-state index contributed by atoms with van der Waals surface area (Å²) in [5.41, 5.74) is 0.164. The number of halogens is 1. The van der Waals surface area contributed by atoms with E-state index in [2.05, 4.69) is 14.7 Å². The third-order valence-corrected chi connectivity index (χ3v) is 6.91. The van der Waals surface area contributed by atoms with Gasteiger partial charge in [0.15, 0.2) is 0 Å². The molecule has 0 aliphatic rings. The maximum atomic E-state index is 14.0. The van der Waals surface area contributed by atoms with Crippen LogP contribution < -0.4 is 10.3 Å². The second kappa shape index (κ2) is 10.2. The molecule has 170 valence electrons. The first-order valence-corrected chi connectivity index (χ1v) is 12.6. The molecule has 1 heterocycles. The number of benzene rings is 2. The normalized spacial score (nSPS) is 12.6. The van der Waals surface area contributed by atoms with Crippen molar-refractivity contribution in [3.63, 3.8) is 0 Å². The lowest BCUT2D eigenvalue weighted by atomic mass is 10.2. The quantitative estimate of drug-likeness (QED) is 0.487. The van der Waals surface area contributed by atoms with Crippen molar-refractivity contribution in [1.82, 2.24) is 19.6 Å². The minimum absolute atomic E-state index is 0.0316. The average molecular weight is 479 g/mol. The van der Waals surface area contributed by atoms with E-state index in [1.807, 2.05) is 6.26 Å². The van der Waals surface area contributed by atoms with Gasteiger partial charge in [-0.05, 0) is 42.7 Å². The summed E-state index contributed by atoms with van der Waals surface area (Å²) in [5.74, 6) is -0.642. The number of likely N-dealkylation sites (N-methyl/N-ethyl adjacent to an activating group) is 1. The van der Waals surface area contributed by atoms with Gasteiger partial charge in [-0.1, -0.05) is 24.3 Å². The van der Waals surface area contributed by atoms with Crippen LogP contribution in [0.25, 0.3) is 10.9 Å². The zero-order valence-electron chi connectivity index (χ0n) is 17.5. The van der Waals surface area contributed by atoms with E-state index in [-0.39, 0.29) is 24.3 Å². The molecule has 0 saturated heterocycles. The maximum Gasteiger partial charge on any atom is 0.258 e. The number of thioether (sulfide) groups is 1. The standard InChI is InChI=1S/C21H23FN4O4S2/c1-26(13-19-23-16-9-5-3-7-14(16)20(27)24-19)21(28)17(11-12-31-2)25-32(29,30)18-10-6-4-8-15(18)22/h3-10,17,25H,11-13H2,1-2H3,(H,23,24,27). The van der Waals surface area contributed by atoms with Crippen LogP contribution in [0.15, 0.2) is 58.2 Å². The predicted octanol–water partition coefficient (Wildman–Crippen LogP) is 2.12. The molecule has 0 aliphatic heterocycles. The van der Waals surface area contributed by atoms with Crippen LogP contribution in [-0.2, 0) is 21.4 Å². The van der Waals surface area contributed by atoms with Crippen molar-refractivity contribution >= 4 is 38.6 Å². The molecule has 1 unspecified atom stereocenters. The van der Waals surface area contributed by atoms with Crippen LogP contribution in [0.2, 0.25) is 0 Å². The summed E-state index contributed by atoms with van der Waals surface area (Å²) in [4.78, 5) is 33.1. The van der Waals surface area contributed by atoms with Crippen molar-refractivity contribution in [3.05, 3.63) is 70.5 Å². The highest BCUT2D eigenvalue weighted by Crippen LogP contribution is 2.16. The second-order valence-electron chi connectivity index (χ2n) is 7.11. The minimum atomic E-state index is -4.26. The van der Waals surface area contributed by atoms with Gasteiger partial charge in [-0.3, -0.25) is 9.59 Å². The van der Waals surface area contributed by atoms with E-state index in [1.165, 1.54) is 35.8 Å². The number of hydrogen-bond donors (Lipinski definition) is 2. The summed E-state index contributed by atoms with van der Waals surface area (Å²) in [7, 11) is -2.78. The number of aromatic amines is 1. The summed E-state index contributed by atoms with van der Waals surface area (Å²) in [6.45, 7) is -0.0316. The Kier molecular flexibility index (Phi) is 7.64. The summed E-state index contributed by atoms with van der Waals surface area (Å²) < 4.78 is 41.8. The zero-order chi connectivity index (χ0) is 23.3. The lowest BCUT2D eigenvalue weighted by Gasteiger charge is -2.24.